The lowest BCUT2D eigenvalue weighted by molar-refractivity contribution is 0.332. The van der Waals surface area contributed by atoms with Crippen LogP contribution in [-0.2, 0) is 6.42 Å². The quantitative estimate of drug-likeness (QED) is 0.772. The third-order valence-corrected chi connectivity index (χ3v) is 3.28. The second-order valence-electron chi connectivity index (χ2n) is 4.76. The number of likely N-dealkylation sites (tertiary alicyclic amines) is 1. The Labute approximate surface area is 97.5 Å². The Morgan fingerprint density at radius 3 is 3.06 bits per heavy atom. The van der Waals surface area contributed by atoms with Gasteiger partial charge in [0.1, 0.15) is 0 Å². The fraction of sp³-hybridized carbons (Fsp3) is 0.500. The predicted octanol–water partition coefficient (Wildman–Crippen LogP) is 2.44. The van der Waals surface area contributed by atoms with E-state index in [1.807, 2.05) is 18.2 Å². The molecule has 0 aromatic heterocycles. The minimum Gasteiger partial charge on any atom is -0.303 e. The standard InChI is InChI=1S/C14H18N2/c1-12-5-7-16(11-12)8-6-13-3-2-4-14(9-13)10-15/h2-4,9,12H,5-8,11H2,1H3/t12-/m0/s1. The SMILES string of the molecule is C[C@H]1CCN(CCc2cccc(C#N)c2)C1. The Kier molecular flexibility index (Phi) is 3.58. The van der Waals surface area contributed by atoms with Crippen LogP contribution in [0.15, 0.2) is 24.3 Å². The van der Waals surface area contributed by atoms with Crippen molar-refractivity contribution in [1.82, 2.24) is 4.90 Å². The second-order valence-corrected chi connectivity index (χ2v) is 4.76. The van der Waals surface area contributed by atoms with Gasteiger partial charge in [-0.05, 0) is 43.0 Å². The molecule has 0 saturated carbocycles. The summed E-state index contributed by atoms with van der Waals surface area (Å²) in [6.07, 6.45) is 2.39. The van der Waals surface area contributed by atoms with Crippen LogP contribution in [0.1, 0.15) is 24.5 Å². The summed E-state index contributed by atoms with van der Waals surface area (Å²) in [5.74, 6) is 0.852. The molecule has 0 aliphatic carbocycles. The summed E-state index contributed by atoms with van der Waals surface area (Å²) in [5, 5.41) is 8.82. The molecule has 84 valence electrons. The lowest BCUT2D eigenvalue weighted by Gasteiger charge is -2.14. The number of benzene rings is 1. The van der Waals surface area contributed by atoms with E-state index >= 15 is 0 Å². The molecule has 1 aromatic carbocycles. The predicted molar refractivity (Wildman–Crippen MR) is 65.1 cm³/mol. The number of hydrogen-bond donors (Lipinski definition) is 0. The van der Waals surface area contributed by atoms with Gasteiger partial charge in [-0.1, -0.05) is 19.1 Å². The van der Waals surface area contributed by atoms with Crippen LogP contribution in [0.4, 0.5) is 0 Å². The van der Waals surface area contributed by atoms with Crippen LogP contribution in [0.3, 0.4) is 0 Å². The van der Waals surface area contributed by atoms with Crippen LogP contribution in [0, 0.1) is 17.2 Å². The maximum Gasteiger partial charge on any atom is 0.0991 e. The Balaban J connectivity index is 1.87. The van der Waals surface area contributed by atoms with E-state index in [-0.39, 0.29) is 0 Å². The van der Waals surface area contributed by atoms with Crippen LogP contribution in [-0.4, -0.2) is 24.5 Å². The molecule has 2 rings (SSSR count). The monoisotopic (exact) mass is 214 g/mol. The number of hydrogen-bond acceptors (Lipinski definition) is 2. The molecule has 1 aliphatic heterocycles. The molecule has 1 heterocycles. The highest BCUT2D eigenvalue weighted by molar-refractivity contribution is 5.32. The Bertz CT molecular complexity index is 392. The van der Waals surface area contributed by atoms with Crippen LogP contribution in [0.25, 0.3) is 0 Å². The fourth-order valence-electron chi connectivity index (χ4n) is 2.31. The highest BCUT2D eigenvalue weighted by Gasteiger charge is 2.17. The molecule has 1 aromatic rings. The molecule has 0 bridgehead atoms. The van der Waals surface area contributed by atoms with Gasteiger partial charge in [-0.25, -0.2) is 0 Å². The van der Waals surface area contributed by atoms with Crippen molar-refractivity contribution < 1.29 is 0 Å². The molecule has 0 spiro atoms. The van der Waals surface area contributed by atoms with Crippen LogP contribution in [0.2, 0.25) is 0 Å². The molecule has 0 radical (unpaired) electrons. The smallest absolute Gasteiger partial charge is 0.0991 e. The average Bonchev–Trinajstić information content (AvgIpc) is 2.73. The first-order chi connectivity index (χ1) is 7.78. The van der Waals surface area contributed by atoms with Crippen molar-refractivity contribution in [2.45, 2.75) is 19.8 Å². The lowest BCUT2D eigenvalue weighted by Crippen LogP contribution is -2.23. The number of rotatable bonds is 3. The van der Waals surface area contributed by atoms with Gasteiger partial charge in [-0.2, -0.15) is 5.26 Å². The summed E-state index contributed by atoms with van der Waals surface area (Å²) in [7, 11) is 0. The number of nitriles is 1. The highest BCUT2D eigenvalue weighted by Crippen LogP contribution is 2.15. The van der Waals surface area contributed by atoms with E-state index in [9.17, 15) is 0 Å². The first-order valence-electron chi connectivity index (χ1n) is 5.99. The lowest BCUT2D eigenvalue weighted by atomic mass is 10.1. The van der Waals surface area contributed by atoms with Gasteiger partial charge < -0.3 is 4.90 Å². The van der Waals surface area contributed by atoms with Crippen molar-refractivity contribution in [2.75, 3.05) is 19.6 Å². The van der Waals surface area contributed by atoms with Gasteiger partial charge in [-0.15, -0.1) is 0 Å². The van der Waals surface area contributed by atoms with Gasteiger partial charge in [0.25, 0.3) is 0 Å². The van der Waals surface area contributed by atoms with Gasteiger partial charge in [0.05, 0.1) is 11.6 Å². The summed E-state index contributed by atoms with van der Waals surface area (Å²) >= 11 is 0. The van der Waals surface area contributed by atoms with Crippen molar-refractivity contribution in [3.05, 3.63) is 35.4 Å². The average molecular weight is 214 g/mol. The zero-order valence-corrected chi connectivity index (χ0v) is 9.82. The third kappa shape index (κ3) is 2.84. The Hall–Kier alpha value is -1.33. The summed E-state index contributed by atoms with van der Waals surface area (Å²) in [6.45, 7) is 5.91. The highest BCUT2D eigenvalue weighted by atomic mass is 15.1. The molecular weight excluding hydrogens is 196 g/mol. The first kappa shape index (κ1) is 11.2. The Morgan fingerprint density at radius 2 is 2.38 bits per heavy atom. The molecule has 1 atom stereocenters. The van der Waals surface area contributed by atoms with Crippen LogP contribution < -0.4 is 0 Å². The summed E-state index contributed by atoms with van der Waals surface area (Å²) in [5.41, 5.74) is 2.05. The first-order valence-corrected chi connectivity index (χ1v) is 5.99. The molecular formula is C14H18N2. The Morgan fingerprint density at radius 1 is 1.50 bits per heavy atom. The number of nitrogens with zero attached hydrogens (tertiary/aromatic N) is 2. The molecule has 16 heavy (non-hydrogen) atoms. The molecule has 1 saturated heterocycles. The zero-order valence-electron chi connectivity index (χ0n) is 9.82. The molecule has 0 N–H and O–H groups in total. The van der Waals surface area contributed by atoms with E-state index in [0.29, 0.717) is 0 Å². The van der Waals surface area contributed by atoms with Gasteiger partial charge in [-0.3, -0.25) is 0 Å². The molecule has 0 amide bonds. The summed E-state index contributed by atoms with van der Waals surface area (Å²) < 4.78 is 0. The van der Waals surface area contributed by atoms with Crippen molar-refractivity contribution in [1.29, 1.82) is 5.26 Å². The topological polar surface area (TPSA) is 27.0 Å². The van der Waals surface area contributed by atoms with E-state index in [0.717, 1.165) is 24.4 Å². The zero-order chi connectivity index (χ0) is 11.4. The minimum atomic E-state index is 0.771. The maximum absolute atomic E-state index is 8.82. The summed E-state index contributed by atoms with van der Waals surface area (Å²) in [6, 6.07) is 10.1. The molecule has 0 unspecified atom stereocenters. The van der Waals surface area contributed by atoms with Crippen molar-refractivity contribution in [3.63, 3.8) is 0 Å². The van der Waals surface area contributed by atoms with E-state index in [4.69, 9.17) is 5.26 Å². The van der Waals surface area contributed by atoms with E-state index < -0.39 is 0 Å². The normalized spacial score (nSPS) is 20.9. The van der Waals surface area contributed by atoms with Gasteiger partial charge in [0.15, 0.2) is 0 Å². The van der Waals surface area contributed by atoms with Crippen molar-refractivity contribution >= 4 is 0 Å². The maximum atomic E-state index is 8.82. The molecule has 2 heteroatoms. The van der Waals surface area contributed by atoms with Gasteiger partial charge >= 0.3 is 0 Å². The molecule has 1 aliphatic rings. The molecule has 1 fully saturated rings. The summed E-state index contributed by atoms with van der Waals surface area (Å²) in [4.78, 5) is 2.52. The van der Waals surface area contributed by atoms with Crippen LogP contribution >= 0.6 is 0 Å². The van der Waals surface area contributed by atoms with Crippen LogP contribution in [0.5, 0.6) is 0 Å². The third-order valence-electron chi connectivity index (χ3n) is 3.28. The van der Waals surface area contributed by atoms with Gasteiger partial charge in [0.2, 0.25) is 0 Å². The van der Waals surface area contributed by atoms with E-state index in [1.165, 1.54) is 25.1 Å². The molecule has 2 nitrogen and oxygen atoms in total. The van der Waals surface area contributed by atoms with Gasteiger partial charge in [0, 0.05) is 13.1 Å². The van der Waals surface area contributed by atoms with Crippen molar-refractivity contribution in [3.8, 4) is 6.07 Å². The fourth-order valence-corrected chi connectivity index (χ4v) is 2.31. The largest absolute Gasteiger partial charge is 0.303 e. The van der Waals surface area contributed by atoms with Crippen molar-refractivity contribution in [2.24, 2.45) is 5.92 Å². The van der Waals surface area contributed by atoms with E-state index in [2.05, 4.69) is 24.0 Å². The minimum absolute atomic E-state index is 0.771. The second kappa shape index (κ2) is 5.14. The van der Waals surface area contributed by atoms with E-state index in [1.54, 1.807) is 0 Å².